The first-order valence-corrected chi connectivity index (χ1v) is 7.77. The van der Waals surface area contributed by atoms with Gasteiger partial charge in [0.25, 0.3) is 0 Å². The molecule has 0 aromatic heterocycles. The number of benzene rings is 1. The highest BCUT2D eigenvalue weighted by Crippen LogP contribution is 2.30. The van der Waals surface area contributed by atoms with Gasteiger partial charge in [-0.1, -0.05) is 29.3 Å². The molecule has 0 heterocycles. The fraction of sp³-hybridized carbons (Fsp3) is 0.533. The maximum absolute atomic E-state index is 12.2. The first-order chi connectivity index (χ1) is 9.51. The van der Waals surface area contributed by atoms with Crippen molar-refractivity contribution >= 4 is 29.2 Å². The second kappa shape index (κ2) is 6.68. The fourth-order valence-corrected chi connectivity index (χ4v) is 2.42. The average molecular weight is 315 g/mol. The SMILES string of the molecule is CCN(CC1CC1)C(=O)NC(C)c1ccc(Cl)c(Cl)c1. The van der Waals surface area contributed by atoms with Crippen molar-refractivity contribution in [2.75, 3.05) is 13.1 Å². The Morgan fingerprint density at radius 2 is 2.10 bits per heavy atom. The van der Waals surface area contributed by atoms with Crippen LogP contribution < -0.4 is 5.32 Å². The van der Waals surface area contributed by atoms with Crippen molar-refractivity contribution in [1.29, 1.82) is 0 Å². The van der Waals surface area contributed by atoms with Crippen molar-refractivity contribution < 1.29 is 4.79 Å². The molecule has 1 N–H and O–H groups in total. The number of urea groups is 1. The summed E-state index contributed by atoms with van der Waals surface area (Å²) >= 11 is 11.9. The van der Waals surface area contributed by atoms with E-state index in [0.29, 0.717) is 16.0 Å². The highest BCUT2D eigenvalue weighted by molar-refractivity contribution is 6.42. The molecular formula is C15H20Cl2N2O. The highest BCUT2D eigenvalue weighted by atomic mass is 35.5. The third kappa shape index (κ3) is 4.03. The maximum atomic E-state index is 12.2. The molecule has 3 nitrogen and oxygen atoms in total. The Balaban J connectivity index is 1.96. The van der Waals surface area contributed by atoms with Crippen molar-refractivity contribution in [1.82, 2.24) is 10.2 Å². The molecule has 1 aliphatic carbocycles. The van der Waals surface area contributed by atoms with Crippen molar-refractivity contribution in [2.24, 2.45) is 5.92 Å². The molecule has 0 aliphatic heterocycles. The first kappa shape index (κ1) is 15.5. The standard InChI is InChI=1S/C15H20Cl2N2O/c1-3-19(9-11-4-5-11)15(20)18-10(2)12-6-7-13(16)14(17)8-12/h6-8,10-11H,3-5,9H2,1-2H3,(H,18,20). The number of hydrogen-bond donors (Lipinski definition) is 1. The molecule has 1 fully saturated rings. The summed E-state index contributed by atoms with van der Waals surface area (Å²) in [6, 6.07) is 5.33. The quantitative estimate of drug-likeness (QED) is 0.853. The number of carbonyl (C=O) groups excluding carboxylic acids is 1. The van der Waals surface area contributed by atoms with E-state index in [2.05, 4.69) is 5.32 Å². The number of amides is 2. The zero-order valence-electron chi connectivity index (χ0n) is 11.8. The Hall–Kier alpha value is -0.930. The monoisotopic (exact) mass is 314 g/mol. The van der Waals surface area contributed by atoms with E-state index in [0.717, 1.165) is 18.7 Å². The van der Waals surface area contributed by atoms with Crippen LogP contribution in [-0.2, 0) is 0 Å². The molecule has 2 amide bonds. The third-order valence-corrected chi connectivity index (χ3v) is 4.37. The highest BCUT2D eigenvalue weighted by Gasteiger charge is 2.26. The molecule has 1 saturated carbocycles. The van der Waals surface area contributed by atoms with E-state index in [9.17, 15) is 4.79 Å². The van der Waals surface area contributed by atoms with Gasteiger partial charge >= 0.3 is 6.03 Å². The normalized spacial score (nSPS) is 15.8. The minimum absolute atomic E-state index is 0.0158. The minimum Gasteiger partial charge on any atom is -0.331 e. The summed E-state index contributed by atoms with van der Waals surface area (Å²) in [5, 5.41) is 4.05. The average Bonchev–Trinajstić information content (AvgIpc) is 3.22. The van der Waals surface area contributed by atoms with Crippen LogP contribution in [0.4, 0.5) is 4.79 Å². The van der Waals surface area contributed by atoms with Crippen molar-refractivity contribution in [3.8, 4) is 0 Å². The lowest BCUT2D eigenvalue weighted by Crippen LogP contribution is -2.42. The lowest BCUT2D eigenvalue weighted by Gasteiger charge is -2.24. The van der Waals surface area contributed by atoms with Crippen LogP contribution >= 0.6 is 23.2 Å². The van der Waals surface area contributed by atoms with E-state index >= 15 is 0 Å². The molecule has 2 rings (SSSR count). The lowest BCUT2D eigenvalue weighted by molar-refractivity contribution is 0.195. The number of halogens is 2. The molecule has 1 atom stereocenters. The predicted octanol–water partition coefficient (Wildman–Crippen LogP) is 4.50. The summed E-state index contributed by atoms with van der Waals surface area (Å²) in [7, 11) is 0. The largest absolute Gasteiger partial charge is 0.331 e. The van der Waals surface area contributed by atoms with Crippen LogP contribution in [0.3, 0.4) is 0 Å². The van der Waals surface area contributed by atoms with Crippen LogP contribution in [0.1, 0.15) is 38.3 Å². The molecule has 0 saturated heterocycles. The second-order valence-corrected chi connectivity index (χ2v) is 6.14. The summed E-state index contributed by atoms with van der Waals surface area (Å²) < 4.78 is 0. The molecule has 5 heteroatoms. The zero-order valence-corrected chi connectivity index (χ0v) is 13.3. The van der Waals surface area contributed by atoms with Gasteiger partial charge in [-0.2, -0.15) is 0 Å². The zero-order chi connectivity index (χ0) is 14.7. The van der Waals surface area contributed by atoms with Crippen molar-refractivity contribution in [2.45, 2.75) is 32.7 Å². The molecule has 0 spiro atoms. The Morgan fingerprint density at radius 1 is 1.40 bits per heavy atom. The van der Waals surface area contributed by atoms with Crippen molar-refractivity contribution in [3.63, 3.8) is 0 Å². The van der Waals surface area contributed by atoms with Gasteiger partial charge in [-0.3, -0.25) is 0 Å². The summed E-state index contributed by atoms with van der Waals surface area (Å²) in [4.78, 5) is 14.1. The molecule has 0 bridgehead atoms. The number of rotatable bonds is 5. The van der Waals surface area contributed by atoms with Crippen molar-refractivity contribution in [3.05, 3.63) is 33.8 Å². The van der Waals surface area contributed by atoms with E-state index in [4.69, 9.17) is 23.2 Å². The van der Waals surface area contributed by atoms with Crippen LogP contribution in [0.5, 0.6) is 0 Å². The molecule has 1 unspecified atom stereocenters. The van der Waals surface area contributed by atoms with E-state index in [-0.39, 0.29) is 12.1 Å². The van der Waals surface area contributed by atoms with Crippen LogP contribution in [0.2, 0.25) is 10.0 Å². The predicted molar refractivity (Wildman–Crippen MR) is 83.4 cm³/mol. The first-order valence-electron chi connectivity index (χ1n) is 7.01. The summed E-state index contributed by atoms with van der Waals surface area (Å²) in [5.41, 5.74) is 0.954. The Labute approximate surface area is 130 Å². The van der Waals surface area contributed by atoms with Gasteiger partial charge in [-0.25, -0.2) is 4.79 Å². The van der Waals surface area contributed by atoms with E-state index in [1.807, 2.05) is 24.8 Å². The molecule has 1 aromatic carbocycles. The van der Waals surface area contributed by atoms with Gasteiger partial charge in [0.15, 0.2) is 0 Å². The Morgan fingerprint density at radius 3 is 2.65 bits per heavy atom. The summed E-state index contributed by atoms with van der Waals surface area (Å²) in [5.74, 6) is 0.695. The molecule has 1 aliphatic rings. The summed E-state index contributed by atoms with van der Waals surface area (Å²) in [6.45, 7) is 5.54. The summed E-state index contributed by atoms with van der Waals surface area (Å²) in [6.07, 6.45) is 2.48. The van der Waals surface area contributed by atoms with Crippen LogP contribution in [0.15, 0.2) is 18.2 Å². The molecule has 1 aromatic rings. The van der Waals surface area contributed by atoms with Crippen LogP contribution in [0.25, 0.3) is 0 Å². The smallest absolute Gasteiger partial charge is 0.317 e. The molecular weight excluding hydrogens is 295 g/mol. The van der Waals surface area contributed by atoms with E-state index in [1.165, 1.54) is 12.8 Å². The number of nitrogens with zero attached hydrogens (tertiary/aromatic N) is 1. The number of hydrogen-bond acceptors (Lipinski definition) is 1. The van der Waals surface area contributed by atoms with Crippen LogP contribution in [0, 0.1) is 5.92 Å². The van der Waals surface area contributed by atoms with Gasteiger partial charge < -0.3 is 10.2 Å². The number of nitrogens with one attached hydrogen (secondary N) is 1. The van der Waals surface area contributed by atoms with Gasteiger partial charge in [0.2, 0.25) is 0 Å². The van der Waals surface area contributed by atoms with Gasteiger partial charge in [-0.05, 0) is 50.3 Å². The van der Waals surface area contributed by atoms with Gasteiger partial charge in [0.1, 0.15) is 0 Å². The molecule has 110 valence electrons. The fourth-order valence-electron chi connectivity index (χ4n) is 2.11. The molecule has 20 heavy (non-hydrogen) atoms. The second-order valence-electron chi connectivity index (χ2n) is 5.33. The lowest BCUT2D eigenvalue weighted by atomic mass is 10.1. The van der Waals surface area contributed by atoms with Crippen LogP contribution in [-0.4, -0.2) is 24.0 Å². The van der Waals surface area contributed by atoms with Gasteiger partial charge in [-0.15, -0.1) is 0 Å². The minimum atomic E-state index is -0.0921. The van der Waals surface area contributed by atoms with E-state index < -0.39 is 0 Å². The Bertz CT molecular complexity index is 489. The van der Waals surface area contributed by atoms with E-state index in [1.54, 1.807) is 12.1 Å². The third-order valence-electron chi connectivity index (χ3n) is 3.63. The van der Waals surface area contributed by atoms with Gasteiger partial charge in [0.05, 0.1) is 16.1 Å². The molecule has 0 radical (unpaired) electrons. The topological polar surface area (TPSA) is 32.3 Å². The number of carbonyl (C=O) groups is 1. The maximum Gasteiger partial charge on any atom is 0.317 e. The Kier molecular flexibility index (Phi) is 5.17. The van der Waals surface area contributed by atoms with Gasteiger partial charge in [0, 0.05) is 13.1 Å².